The Hall–Kier alpha value is -1.23. The zero-order valence-corrected chi connectivity index (χ0v) is 13.4. The standard InChI is InChI=1S/C15H22N2O2S/c1-11-5-7-16-13(9-11)20-12-6-8-17(10-12)14(18)19-15(2,3)4/h5,7,9,12H,6,8,10H2,1-4H3. The van der Waals surface area contributed by atoms with Crippen molar-refractivity contribution in [3.8, 4) is 0 Å². The predicted octanol–water partition coefficient (Wildman–Crippen LogP) is 3.49. The van der Waals surface area contributed by atoms with E-state index in [0.717, 1.165) is 24.5 Å². The molecule has 4 nitrogen and oxygen atoms in total. The maximum atomic E-state index is 12.0. The van der Waals surface area contributed by atoms with Gasteiger partial charge in [0, 0.05) is 24.5 Å². The van der Waals surface area contributed by atoms with Crippen molar-refractivity contribution in [2.24, 2.45) is 0 Å². The van der Waals surface area contributed by atoms with E-state index in [1.807, 2.05) is 33.0 Å². The lowest BCUT2D eigenvalue weighted by Crippen LogP contribution is -2.35. The van der Waals surface area contributed by atoms with Crippen LogP contribution in [0.1, 0.15) is 32.8 Å². The van der Waals surface area contributed by atoms with Gasteiger partial charge in [0.15, 0.2) is 0 Å². The molecule has 1 aromatic heterocycles. The van der Waals surface area contributed by atoms with Gasteiger partial charge in [0.2, 0.25) is 0 Å². The third-order valence-corrected chi connectivity index (χ3v) is 4.16. The number of rotatable bonds is 2. The van der Waals surface area contributed by atoms with Crippen LogP contribution in [0.2, 0.25) is 0 Å². The average Bonchev–Trinajstić information content (AvgIpc) is 2.75. The summed E-state index contributed by atoms with van der Waals surface area (Å²) in [7, 11) is 0. The van der Waals surface area contributed by atoms with Gasteiger partial charge in [0.1, 0.15) is 5.60 Å². The van der Waals surface area contributed by atoms with Crippen LogP contribution in [0.5, 0.6) is 0 Å². The summed E-state index contributed by atoms with van der Waals surface area (Å²) in [5, 5.41) is 1.43. The number of hydrogen-bond donors (Lipinski definition) is 0. The van der Waals surface area contributed by atoms with E-state index in [1.54, 1.807) is 16.7 Å². The Morgan fingerprint density at radius 1 is 1.50 bits per heavy atom. The van der Waals surface area contributed by atoms with Crippen LogP contribution >= 0.6 is 11.8 Å². The molecule has 0 radical (unpaired) electrons. The first-order valence-corrected chi connectivity index (χ1v) is 7.79. The van der Waals surface area contributed by atoms with Gasteiger partial charge in [-0.05, 0) is 51.8 Å². The van der Waals surface area contributed by atoms with E-state index in [1.165, 1.54) is 5.56 Å². The number of hydrogen-bond acceptors (Lipinski definition) is 4. The highest BCUT2D eigenvalue weighted by Crippen LogP contribution is 2.29. The lowest BCUT2D eigenvalue weighted by molar-refractivity contribution is 0.0295. The molecule has 2 heterocycles. The van der Waals surface area contributed by atoms with Crippen LogP contribution in [0.4, 0.5) is 4.79 Å². The molecule has 0 N–H and O–H groups in total. The largest absolute Gasteiger partial charge is 0.444 e. The topological polar surface area (TPSA) is 42.4 Å². The van der Waals surface area contributed by atoms with Crippen LogP contribution in [0.25, 0.3) is 0 Å². The van der Waals surface area contributed by atoms with Gasteiger partial charge in [-0.15, -0.1) is 11.8 Å². The van der Waals surface area contributed by atoms with E-state index in [9.17, 15) is 4.79 Å². The number of amides is 1. The normalized spacial score (nSPS) is 19.2. The van der Waals surface area contributed by atoms with Crippen LogP contribution in [0, 0.1) is 6.92 Å². The molecule has 5 heteroatoms. The Kier molecular flexibility index (Phi) is 4.58. The summed E-state index contributed by atoms with van der Waals surface area (Å²) in [6.07, 6.45) is 2.61. The monoisotopic (exact) mass is 294 g/mol. The number of ether oxygens (including phenoxy) is 1. The predicted molar refractivity (Wildman–Crippen MR) is 81.0 cm³/mol. The Bertz CT molecular complexity index is 485. The van der Waals surface area contributed by atoms with Gasteiger partial charge in [-0.2, -0.15) is 0 Å². The van der Waals surface area contributed by atoms with Gasteiger partial charge in [0.05, 0.1) is 5.03 Å². The molecule has 0 aliphatic carbocycles. The Morgan fingerprint density at radius 3 is 2.90 bits per heavy atom. The van der Waals surface area contributed by atoms with Gasteiger partial charge in [-0.25, -0.2) is 9.78 Å². The van der Waals surface area contributed by atoms with Crippen molar-refractivity contribution < 1.29 is 9.53 Å². The van der Waals surface area contributed by atoms with Crippen LogP contribution < -0.4 is 0 Å². The molecule has 1 aromatic rings. The van der Waals surface area contributed by atoms with E-state index in [2.05, 4.69) is 18.0 Å². The Morgan fingerprint density at radius 2 is 2.25 bits per heavy atom. The SMILES string of the molecule is Cc1ccnc(SC2CCN(C(=O)OC(C)(C)C)C2)c1. The van der Waals surface area contributed by atoms with Crippen molar-refractivity contribution in [3.05, 3.63) is 23.9 Å². The first-order chi connectivity index (χ1) is 9.33. The molecular formula is C15H22N2O2S. The highest BCUT2D eigenvalue weighted by atomic mass is 32.2. The summed E-state index contributed by atoms with van der Waals surface area (Å²) in [6.45, 7) is 9.23. The number of thioether (sulfide) groups is 1. The molecule has 0 saturated carbocycles. The minimum Gasteiger partial charge on any atom is -0.444 e. The number of aryl methyl sites for hydroxylation is 1. The maximum Gasteiger partial charge on any atom is 0.410 e. The summed E-state index contributed by atoms with van der Waals surface area (Å²) in [4.78, 5) is 18.1. The summed E-state index contributed by atoms with van der Waals surface area (Å²) < 4.78 is 5.40. The minimum absolute atomic E-state index is 0.210. The van der Waals surface area contributed by atoms with Gasteiger partial charge >= 0.3 is 6.09 Å². The second-order valence-electron chi connectivity index (χ2n) is 6.13. The Labute approximate surface area is 124 Å². The summed E-state index contributed by atoms with van der Waals surface area (Å²) in [5.41, 5.74) is 0.782. The fourth-order valence-corrected chi connectivity index (χ4v) is 3.26. The molecule has 0 aromatic carbocycles. The molecule has 1 unspecified atom stereocenters. The maximum absolute atomic E-state index is 12.0. The van der Waals surface area contributed by atoms with Crippen LogP contribution in [-0.2, 0) is 4.74 Å². The minimum atomic E-state index is -0.430. The van der Waals surface area contributed by atoms with Gasteiger partial charge in [-0.3, -0.25) is 0 Å². The molecule has 0 bridgehead atoms. The highest BCUT2D eigenvalue weighted by molar-refractivity contribution is 7.99. The third kappa shape index (κ3) is 4.40. The third-order valence-electron chi connectivity index (χ3n) is 2.97. The van der Waals surface area contributed by atoms with Crippen molar-refractivity contribution >= 4 is 17.9 Å². The molecule has 20 heavy (non-hydrogen) atoms. The summed E-state index contributed by atoms with van der Waals surface area (Å²) >= 11 is 1.74. The second kappa shape index (κ2) is 6.04. The van der Waals surface area contributed by atoms with Crippen LogP contribution in [0.15, 0.2) is 23.4 Å². The summed E-state index contributed by atoms with van der Waals surface area (Å²) in [6, 6.07) is 4.08. The van der Waals surface area contributed by atoms with Gasteiger partial charge < -0.3 is 9.64 Å². The lowest BCUT2D eigenvalue weighted by Gasteiger charge is -2.24. The van der Waals surface area contributed by atoms with Crippen molar-refractivity contribution in [3.63, 3.8) is 0 Å². The zero-order valence-electron chi connectivity index (χ0n) is 12.5. The summed E-state index contributed by atoms with van der Waals surface area (Å²) in [5.74, 6) is 0. The van der Waals surface area contributed by atoms with E-state index in [0.29, 0.717) is 5.25 Å². The fourth-order valence-electron chi connectivity index (χ4n) is 2.06. The number of aromatic nitrogens is 1. The fraction of sp³-hybridized carbons (Fsp3) is 0.600. The molecule has 1 atom stereocenters. The first-order valence-electron chi connectivity index (χ1n) is 6.91. The van der Waals surface area contributed by atoms with Crippen LogP contribution in [0.3, 0.4) is 0 Å². The van der Waals surface area contributed by atoms with Gasteiger partial charge in [0.25, 0.3) is 0 Å². The number of carbonyl (C=O) groups excluding carboxylic acids is 1. The Balaban J connectivity index is 1.88. The number of likely N-dealkylation sites (tertiary alicyclic amines) is 1. The lowest BCUT2D eigenvalue weighted by atomic mass is 10.2. The molecule has 1 amide bonds. The molecule has 1 aliphatic rings. The first kappa shape index (κ1) is 15.2. The molecular weight excluding hydrogens is 272 g/mol. The van der Waals surface area contributed by atoms with Crippen molar-refractivity contribution in [1.29, 1.82) is 0 Å². The van der Waals surface area contributed by atoms with Crippen molar-refractivity contribution in [1.82, 2.24) is 9.88 Å². The molecule has 1 fully saturated rings. The number of pyridine rings is 1. The average molecular weight is 294 g/mol. The molecule has 1 aliphatic heterocycles. The van der Waals surface area contributed by atoms with Crippen molar-refractivity contribution in [2.75, 3.05) is 13.1 Å². The molecule has 2 rings (SSSR count). The number of nitrogens with zero attached hydrogens (tertiary/aromatic N) is 2. The van der Waals surface area contributed by atoms with E-state index in [4.69, 9.17) is 4.74 Å². The second-order valence-corrected chi connectivity index (χ2v) is 7.45. The van der Waals surface area contributed by atoms with E-state index >= 15 is 0 Å². The van der Waals surface area contributed by atoms with Crippen molar-refractivity contribution in [2.45, 2.75) is 50.0 Å². The smallest absolute Gasteiger partial charge is 0.410 e. The molecule has 1 saturated heterocycles. The highest BCUT2D eigenvalue weighted by Gasteiger charge is 2.30. The quantitative estimate of drug-likeness (QED) is 0.837. The zero-order chi connectivity index (χ0) is 14.8. The van der Waals surface area contributed by atoms with E-state index < -0.39 is 5.60 Å². The number of carbonyl (C=O) groups is 1. The van der Waals surface area contributed by atoms with Crippen LogP contribution in [-0.4, -0.2) is 39.9 Å². The van der Waals surface area contributed by atoms with E-state index in [-0.39, 0.29) is 6.09 Å². The van der Waals surface area contributed by atoms with Gasteiger partial charge in [-0.1, -0.05) is 0 Å². The molecule has 110 valence electrons. The molecule has 0 spiro atoms.